The molecule has 0 aliphatic carbocycles. The van der Waals surface area contributed by atoms with E-state index in [0.29, 0.717) is 27.6 Å². The van der Waals surface area contributed by atoms with Crippen LogP contribution in [0.4, 0.5) is 10.5 Å². The topological polar surface area (TPSA) is 135 Å². The van der Waals surface area contributed by atoms with Gasteiger partial charge < -0.3 is 18.9 Å². The maximum absolute atomic E-state index is 13.1. The first-order chi connectivity index (χ1) is 19.2. The van der Waals surface area contributed by atoms with Gasteiger partial charge in [-0.25, -0.2) is 4.79 Å². The van der Waals surface area contributed by atoms with E-state index in [9.17, 15) is 24.5 Å². The van der Waals surface area contributed by atoms with Gasteiger partial charge in [-0.15, -0.1) is 0 Å². The molecule has 0 spiro atoms. The summed E-state index contributed by atoms with van der Waals surface area (Å²) in [5.41, 5.74) is 0.801. The van der Waals surface area contributed by atoms with Gasteiger partial charge in [-0.2, -0.15) is 0 Å². The molecule has 2 heterocycles. The molecule has 0 saturated carbocycles. The zero-order chi connectivity index (χ0) is 28.4. The summed E-state index contributed by atoms with van der Waals surface area (Å²) in [6.07, 6.45) is 1.53. The molecule has 0 unspecified atom stereocenters. The first kappa shape index (κ1) is 27.0. The Kier molecular flexibility index (Phi) is 7.63. The number of nitro groups is 1. The predicted octanol–water partition coefficient (Wildman–Crippen LogP) is 5.83. The van der Waals surface area contributed by atoms with Crippen LogP contribution in [-0.2, 0) is 11.3 Å². The molecule has 0 radical (unpaired) electrons. The van der Waals surface area contributed by atoms with Crippen LogP contribution in [0.15, 0.2) is 59.5 Å². The van der Waals surface area contributed by atoms with E-state index in [1.807, 2.05) is 0 Å². The number of amides is 2. The van der Waals surface area contributed by atoms with E-state index in [1.54, 1.807) is 31.2 Å². The maximum atomic E-state index is 13.1. The van der Waals surface area contributed by atoms with E-state index < -0.39 is 22.0 Å². The number of nitrogens with zero attached hydrogens (tertiary/aromatic N) is 2. The monoisotopic (exact) mass is 582 g/mol. The minimum absolute atomic E-state index is 0.00281. The molecule has 204 valence electrons. The van der Waals surface area contributed by atoms with Crippen molar-refractivity contribution in [1.82, 2.24) is 4.90 Å². The summed E-state index contributed by atoms with van der Waals surface area (Å²) < 4.78 is 21.7. The van der Waals surface area contributed by atoms with Crippen LogP contribution in [0.3, 0.4) is 0 Å². The van der Waals surface area contributed by atoms with Crippen molar-refractivity contribution >= 4 is 52.2 Å². The highest BCUT2D eigenvalue weighted by molar-refractivity contribution is 8.18. The van der Waals surface area contributed by atoms with Crippen molar-refractivity contribution in [1.29, 1.82) is 0 Å². The van der Waals surface area contributed by atoms with Crippen molar-refractivity contribution in [2.24, 2.45) is 0 Å². The number of halogens is 1. The number of carbonyl (C=O) groups is 3. The Morgan fingerprint density at radius 2 is 1.90 bits per heavy atom. The highest BCUT2D eigenvalue weighted by atomic mass is 35.5. The molecule has 2 aliphatic heterocycles. The second-order valence-corrected chi connectivity index (χ2v) is 9.80. The molecular weight excluding hydrogens is 564 g/mol. The first-order valence-corrected chi connectivity index (χ1v) is 13.0. The summed E-state index contributed by atoms with van der Waals surface area (Å²) in [4.78, 5) is 50.1. The van der Waals surface area contributed by atoms with Crippen LogP contribution in [-0.4, -0.2) is 40.3 Å². The molecule has 11 nitrogen and oxygen atoms in total. The predicted molar refractivity (Wildman–Crippen MR) is 145 cm³/mol. The fourth-order valence-electron chi connectivity index (χ4n) is 3.91. The van der Waals surface area contributed by atoms with Crippen LogP contribution in [0, 0.1) is 10.1 Å². The van der Waals surface area contributed by atoms with Gasteiger partial charge in [0.25, 0.3) is 16.8 Å². The number of ether oxygens (including phenoxy) is 4. The van der Waals surface area contributed by atoms with Crippen LogP contribution in [0.25, 0.3) is 6.08 Å². The molecular formula is C27H19ClN2O9S. The lowest BCUT2D eigenvalue weighted by Crippen LogP contribution is -2.27. The summed E-state index contributed by atoms with van der Waals surface area (Å²) >= 11 is 7.10. The molecule has 0 aromatic heterocycles. The summed E-state index contributed by atoms with van der Waals surface area (Å²) in [5.74, 6) is -0.0326. The van der Waals surface area contributed by atoms with E-state index >= 15 is 0 Å². The number of fused-ring (bicyclic) bond motifs is 1. The van der Waals surface area contributed by atoms with Crippen molar-refractivity contribution in [3.8, 4) is 23.0 Å². The lowest BCUT2D eigenvalue weighted by Gasteiger charge is -2.14. The van der Waals surface area contributed by atoms with Gasteiger partial charge in [0.2, 0.25) is 6.79 Å². The van der Waals surface area contributed by atoms with Crippen LogP contribution >= 0.6 is 23.4 Å². The van der Waals surface area contributed by atoms with Crippen molar-refractivity contribution in [2.75, 3.05) is 13.4 Å². The number of hydrogen-bond acceptors (Lipinski definition) is 10. The minimum atomic E-state index is -0.805. The number of nitro benzene ring substituents is 1. The Hall–Kier alpha value is -4.55. The molecule has 3 aromatic carbocycles. The number of hydrogen-bond donors (Lipinski definition) is 0. The first-order valence-electron chi connectivity index (χ1n) is 11.8. The van der Waals surface area contributed by atoms with Crippen LogP contribution < -0.4 is 18.9 Å². The number of rotatable bonds is 8. The van der Waals surface area contributed by atoms with Crippen LogP contribution in [0.1, 0.15) is 28.4 Å². The number of carbonyl (C=O) groups excluding carboxylic acids is 3. The second kappa shape index (κ2) is 11.3. The Morgan fingerprint density at radius 3 is 2.65 bits per heavy atom. The van der Waals surface area contributed by atoms with E-state index in [-0.39, 0.29) is 47.6 Å². The standard InChI is InChI=1S/C27H19ClN2O9S/c1-2-36-21-8-15(6-7-20(21)39-26(32)16-4-3-5-18(10-16)30(34)35)9-24-25(31)29(27(33)40-24)13-17-11-22-23(12-19(17)28)38-14-37-22/h3-12H,2,13-14H2,1H3/b24-9-. The van der Waals surface area contributed by atoms with E-state index in [0.717, 1.165) is 22.7 Å². The molecule has 3 aromatic rings. The Labute approximate surface area is 236 Å². The lowest BCUT2D eigenvalue weighted by molar-refractivity contribution is -0.384. The van der Waals surface area contributed by atoms with E-state index in [2.05, 4.69) is 0 Å². The number of benzene rings is 3. The van der Waals surface area contributed by atoms with Gasteiger partial charge in [-0.3, -0.25) is 24.6 Å². The van der Waals surface area contributed by atoms with Crippen molar-refractivity contribution in [3.63, 3.8) is 0 Å². The van der Waals surface area contributed by atoms with Gasteiger partial charge in [-0.05, 0) is 60.2 Å². The molecule has 40 heavy (non-hydrogen) atoms. The Morgan fingerprint density at radius 1 is 1.12 bits per heavy atom. The SMILES string of the molecule is CCOc1cc(/C=C2\SC(=O)N(Cc3cc4c(cc3Cl)OCO4)C2=O)ccc1OC(=O)c1cccc([N+](=O)[O-])c1. The van der Waals surface area contributed by atoms with Crippen LogP contribution in [0.5, 0.6) is 23.0 Å². The smallest absolute Gasteiger partial charge is 0.343 e. The highest BCUT2D eigenvalue weighted by Crippen LogP contribution is 2.40. The third-order valence-corrected chi connectivity index (χ3v) is 7.06. The number of imide groups is 1. The third-order valence-electron chi connectivity index (χ3n) is 5.80. The summed E-state index contributed by atoms with van der Waals surface area (Å²) in [5, 5.41) is 10.9. The van der Waals surface area contributed by atoms with E-state index in [4.69, 9.17) is 30.5 Å². The molecule has 0 N–H and O–H groups in total. The van der Waals surface area contributed by atoms with Gasteiger partial charge >= 0.3 is 5.97 Å². The zero-order valence-corrected chi connectivity index (χ0v) is 22.3. The van der Waals surface area contributed by atoms with Crippen molar-refractivity contribution in [2.45, 2.75) is 13.5 Å². The summed E-state index contributed by atoms with van der Waals surface area (Å²) in [7, 11) is 0. The molecule has 0 atom stereocenters. The molecule has 5 rings (SSSR count). The lowest BCUT2D eigenvalue weighted by atomic mass is 10.1. The molecule has 2 aliphatic rings. The molecule has 13 heteroatoms. The zero-order valence-electron chi connectivity index (χ0n) is 20.7. The van der Waals surface area contributed by atoms with Gasteiger partial charge in [0.05, 0.1) is 28.5 Å². The van der Waals surface area contributed by atoms with Crippen molar-refractivity contribution < 1.29 is 38.3 Å². The quantitative estimate of drug-likeness (QED) is 0.105. The van der Waals surface area contributed by atoms with Gasteiger partial charge in [0.1, 0.15) is 0 Å². The normalized spacial score (nSPS) is 15.1. The Balaban J connectivity index is 1.34. The average molecular weight is 583 g/mol. The minimum Gasteiger partial charge on any atom is -0.490 e. The van der Waals surface area contributed by atoms with E-state index in [1.165, 1.54) is 30.3 Å². The summed E-state index contributed by atoms with van der Waals surface area (Å²) in [6.45, 7) is 2.01. The highest BCUT2D eigenvalue weighted by Gasteiger charge is 2.36. The second-order valence-electron chi connectivity index (χ2n) is 8.40. The molecule has 2 amide bonds. The van der Waals surface area contributed by atoms with Gasteiger partial charge in [0, 0.05) is 23.2 Å². The number of esters is 1. The summed E-state index contributed by atoms with van der Waals surface area (Å²) in [6, 6.07) is 13.0. The van der Waals surface area contributed by atoms with Gasteiger partial charge in [-0.1, -0.05) is 23.7 Å². The number of thioether (sulfide) groups is 1. The van der Waals surface area contributed by atoms with Crippen molar-refractivity contribution in [3.05, 3.63) is 91.3 Å². The fraction of sp³-hybridized carbons (Fsp3) is 0.148. The molecule has 0 bridgehead atoms. The largest absolute Gasteiger partial charge is 0.490 e. The molecule has 1 fully saturated rings. The Bertz CT molecular complexity index is 1590. The maximum Gasteiger partial charge on any atom is 0.343 e. The van der Waals surface area contributed by atoms with Gasteiger partial charge in [0.15, 0.2) is 23.0 Å². The fourth-order valence-corrected chi connectivity index (χ4v) is 4.96. The average Bonchev–Trinajstić information content (AvgIpc) is 3.49. The third kappa shape index (κ3) is 5.58. The molecule has 1 saturated heterocycles. The van der Waals surface area contributed by atoms with Crippen LogP contribution in [0.2, 0.25) is 5.02 Å². The number of non-ortho nitro benzene ring substituents is 1.